The van der Waals surface area contributed by atoms with Crippen molar-refractivity contribution in [3.8, 4) is 0 Å². The average molecular weight is 273 g/mol. The van der Waals surface area contributed by atoms with Gasteiger partial charge in [0, 0.05) is 11.8 Å². The molecule has 0 radical (unpaired) electrons. The highest BCUT2D eigenvalue weighted by molar-refractivity contribution is 6.21. The Kier molecular flexibility index (Phi) is 4.92. The normalized spacial score (nSPS) is 12.8. The van der Waals surface area contributed by atoms with Crippen LogP contribution in [0.1, 0.15) is 38.8 Å². The summed E-state index contributed by atoms with van der Waals surface area (Å²) in [5.41, 5.74) is 2.87. The van der Waals surface area contributed by atoms with Gasteiger partial charge in [0.05, 0.1) is 0 Å². The Morgan fingerprint density at radius 3 is 1.71 bits per heavy atom. The van der Waals surface area contributed by atoms with Crippen LogP contribution in [0.3, 0.4) is 0 Å². The summed E-state index contributed by atoms with van der Waals surface area (Å²) in [7, 11) is 0. The van der Waals surface area contributed by atoms with E-state index >= 15 is 0 Å². The van der Waals surface area contributed by atoms with Gasteiger partial charge >= 0.3 is 0 Å². The van der Waals surface area contributed by atoms with Gasteiger partial charge in [0.15, 0.2) is 0 Å². The molecule has 0 spiro atoms. The van der Waals surface area contributed by atoms with Gasteiger partial charge in [0.2, 0.25) is 0 Å². The first-order valence-electron chi connectivity index (χ1n) is 6.02. The van der Waals surface area contributed by atoms with Gasteiger partial charge in [-0.25, -0.2) is 0 Å². The van der Waals surface area contributed by atoms with Crippen molar-refractivity contribution < 1.29 is 0 Å². The van der Waals surface area contributed by atoms with Crippen molar-refractivity contribution in [1.29, 1.82) is 0 Å². The molecule has 0 N–H and O–H groups in total. The quantitative estimate of drug-likeness (QED) is 0.676. The third-order valence-corrected chi connectivity index (χ3v) is 4.39. The molecule has 2 heteroatoms. The highest BCUT2D eigenvalue weighted by Gasteiger charge is 2.22. The van der Waals surface area contributed by atoms with Crippen LogP contribution in [0.15, 0.2) is 24.3 Å². The van der Waals surface area contributed by atoms with Crippen LogP contribution >= 0.6 is 23.2 Å². The maximum atomic E-state index is 5.98. The first-order chi connectivity index (χ1) is 7.80. The fraction of sp³-hybridized carbons (Fsp3) is 0.600. The second-order valence-electron chi connectivity index (χ2n) is 6.20. The molecular formula is C15H22Cl2. The summed E-state index contributed by atoms with van der Waals surface area (Å²) in [4.78, 5) is 0. The van der Waals surface area contributed by atoms with E-state index in [4.69, 9.17) is 23.2 Å². The SMILES string of the molecule is CC(CCl)(CCl)Cc1ccc(C(C)(C)C)cc1. The van der Waals surface area contributed by atoms with Gasteiger partial charge in [-0.2, -0.15) is 0 Å². The summed E-state index contributed by atoms with van der Waals surface area (Å²) in [6.07, 6.45) is 0.935. The number of rotatable bonds is 4. The largest absolute Gasteiger partial charge is 0.126 e. The van der Waals surface area contributed by atoms with Crippen molar-refractivity contribution in [2.45, 2.75) is 39.5 Å². The summed E-state index contributed by atoms with van der Waals surface area (Å²) in [5, 5.41) is 0. The molecule has 0 heterocycles. The number of halogens is 2. The molecule has 1 rings (SSSR count). The predicted molar refractivity (Wildman–Crippen MR) is 78.4 cm³/mol. The van der Waals surface area contributed by atoms with Crippen LogP contribution in [-0.4, -0.2) is 11.8 Å². The zero-order valence-electron chi connectivity index (χ0n) is 11.2. The third kappa shape index (κ3) is 4.19. The molecule has 0 saturated heterocycles. The topological polar surface area (TPSA) is 0 Å². The minimum atomic E-state index is -0.00758. The van der Waals surface area contributed by atoms with Crippen LogP contribution in [0.4, 0.5) is 0 Å². The summed E-state index contributed by atoms with van der Waals surface area (Å²) in [6, 6.07) is 8.80. The van der Waals surface area contributed by atoms with Crippen molar-refractivity contribution >= 4 is 23.2 Å². The zero-order chi connectivity index (χ0) is 13.1. The van der Waals surface area contributed by atoms with Crippen LogP contribution in [-0.2, 0) is 11.8 Å². The Morgan fingerprint density at radius 2 is 1.35 bits per heavy atom. The van der Waals surface area contributed by atoms with Gasteiger partial charge < -0.3 is 0 Å². The lowest BCUT2D eigenvalue weighted by Gasteiger charge is -2.25. The smallest absolute Gasteiger partial charge is 0.0291 e. The van der Waals surface area contributed by atoms with E-state index in [2.05, 4.69) is 52.0 Å². The molecule has 17 heavy (non-hydrogen) atoms. The summed E-state index contributed by atoms with van der Waals surface area (Å²) in [6.45, 7) is 8.81. The molecule has 0 saturated carbocycles. The number of hydrogen-bond donors (Lipinski definition) is 0. The summed E-state index contributed by atoms with van der Waals surface area (Å²) >= 11 is 12.0. The second kappa shape index (κ2) is 5.63. The average Bonchev–Trinajstić information content (AvgIpc) is 2.28. The van der Waals surface area contributed by atoms with E-state index in [1.807, 2.05) is 0 Å². The number of hydrogen-bond acceptors (Lipinski definition) is 0. The summed E-state index contributed by atoms with van der Waals surface area (Å²) in [5.74, 6) is 1.19. The molecule has 0 fully saturated rings. The van der Waals surface area contributed by atoms with Crippen LogP contribution in [0.25, 0.3) is 0 Å². The zero-order valence-corrected chi connectivity index (χ0v) is 12.7. The van der Waals surface area contributed by atoms with E-state index in [-0.39, 0.29) is 10.8 Å². The molecule has 0 amide bonds. The Morgan fingerprint density at radius 1 is 0.882 bits per heavy atom. The molecule has 0 nitrogen and oxygen atoms in total. The fourth-order valence-electron chi connectivity index (χ4n) is 1.75. The molecule has 0 aliphatic carbocycles. The van der Waals surface area contributed by atoms with Crippen LogP contribution in [0.5, 0.6) is 0 Å². The molecule has 0 bridgehead atoms. The lowest BCUT2D eigenvalue weighted by molar-refractivity contribution is 0.425. The van der Waals surface area contributed by atoms with Crippen LogP contribution in [0.2, 0.25) is 0 Å². The maximum absolute atomic E-state index is 5.98. The molecule has 0 aliphatic rings. The van der Waals surface area contributed by atoms with E-state index in [1.54, 1.807) is 0 Å². The Balaban J connectivity index is 2.82. The van der Waals surface area contributed by atoms with Crippen molar-refractivity contribution in [2.24, 2.45) is 5.41 Å². The van der Waals surface area contributed by atoms with E-state index in [0.29, 0.717) is 11.8 Å². The van der Waals surface area contributed by atoms with E-state index in [1.165, 1.54) is 11.1 Å². The van der Waals surface area contributed by atoms with Gasteiger partial charge in [0.25, 0.3) is 0 Å². The number of benzene rings is 1. The highest BCUT2D eigenvalue weighted by atomic mass is 35.5. The minimum absolute atomic E-state index is 0.00758. The monoisotopic (exact) mass is 272 g/mol. The van der Waals surface area contributed by atoms with E-state index in [0.717, 1.165) is 6.42 Å². The third-order valence-electron chi connectivity index (χ3n) is 3.10. The fourth-order valence-corrected chi connectivity index (χ4v) is 2.22. The standard InChI is InChI=1S/C15H22Cl2/c1-14(2,3)13-7-5-12(6-8-13)9-15(4,10-16)11-17/h5-8H,9-11H2,1-4H3. The Labute approximate surface area is 115 Å². The molecule has 1 aromatic carbocycles. The molecule has 0 unspecified atom stereocenters. The maximum Gasteiger partial charge on any atom is 0.0291 e. The van der Waals surface area contributed by atoms with E-state index < -0.39 is 0 Å². The van der Waals surface area contributed by atoms with Crippen LogP contribution < -0.4 is 0 Å². The summed E-state index contributed by atoms with van der Waals surface area (Å²) < 4.78 is 0. The molecule has 0 atom stereocenters. The Bertz CT molecular complexity index is 342. The van der Waals surface area contributed by atoms with Crippen molar-refractivity contribution in [3.63, 3.8) is 0 Å². The van der Waals surface area contributed by atoms with Gasteiger partial charge in [0.1, 0.15) is 0 Å². The van der Waals surface area contributed by atoms with Crippen molar-refractivity contribution in [1.82, 2.24) is 0 Å². The first kappa shape index (κ1) is 14.9. The molecule has 96 valence electrons. The molecule has 0 aromatic heterocycles. The van der Waals surface area contributed by atoms with Gasteiger partial charge in [-0.3, -0.25) is 0 Å². The minimum Gasteiger partial charge on any atom is -0.126 e. The van der Waals surface area contributed by atoms with Crippen LogP contribution in [0, 0.1) is 5.41 Å². The molecule has 1 aromatic rings. The van der Waals surface area contributed by atoms with Gasteiger partial charge in [-0.05, 0) is 28.4 Å². The van der Waals surface area contributed by atoms with Crippen molar-refractivity contribution in [3.05, 3.63) is 35.4 Å². The second-order valence-corrected chi connectivity index (χ2v) is 6.74. The number of alkyl halides is 2. The van der Waals surface area contributed by atoms with Gasteiger partial charge in [-0.1, -0.05) is 52.0 Å². The van der Waals surface area contributed by atoms with E-state index in [9.17, 15) is 0 Å². The Hall–Kier alpha value is -0.200. The lowest BCUT2D eigenvalue weighted by atomic mass is 9.84. The lowest BCUT2D eigenvalue weighted by Crippen LogP contribution is -2.23. The highest BCUT2D eigenvalue weighted by Crippen LogP contribution is 2.28. The molecule has 0 aliphatic heterocycles. The predicted octanol–water partition coefficient (Wildman–Crippen LogP) is 5.01. The molecular weight excluding hydrogens is 251 g/mol. The van der Waals surface area contributed by atoms with Crippen molar-refractivity contribution in [2.75, 3.05) is 11.8 Å². The van der Waals surface area contributed by atoms with Gasteiger partial charge in [-0.15, -0.1) is 23.2 Å². The first-order valence-corrected chi connectivity index (χ1v) is 7.09.